The number of benzene rings is 2. The van der Waals surface area contributed by atoms with Gasteiger partial charge in [-0.05, 0) is 50.2 Å². The molecule has 2 N–H and O–H groups in total. The summed E-state index contributed by atoms with van der Waals surface area (Å²) in [4.78, 5) is 20.7. The Morgan fingerprint density at radius 3 is 2.26 bits per heavy atom. The third-order valence-electron chi connectivity index (χ3n) is 3.64. The average Bonchev–Trinajstić information content (AvgIpc) is 2.59. The Labute approximate surface area is 153 Å². The summed E-state index contributed by atoms with van der Waals surface area (Å²) in [6.07, 6.45) is 0. The van der Waals surface area contributed by atoms with Gasteiger partial charge < -0.3 is 10.6 Å². The molecule has 0 atom stereocenters. The molecule has 0 aliphatic carbocycles. The van der Waals surface area contributed by atoms with Crippen molar-refractivity contribution in [2.45, 2.75) is 13.8 Å². The summed E-state index contributed by atoms with van der Waals surface area (Å²) in [5.74, 6) is -5.09. The summed E-state index contributed by atoms with van der Waals surface area (Å²) in [6.45, 7) is 3.68. The molecule has 0 spiro atoms. The second-order valence-electron chi connectivity index (χ2n) is 5.86. The van der Waals surface area contributed by atoms with Crippen molar-refractivity contribution in [2.75, 3.05) is 10.6 Å². The average molecular weight is 372 g/mol. The first-order valence-electron chi connectivity index (χ1n) is 7.97. The van der Waals surface area contributed by atoms with Gasteiger partial charge >= 0.3 is 0 Å². The maximum atomic E-state index is 13.8. The van der Waals surface area contributed by atoms with E-state index >= 15 is 0 Å². The molecule has 2 aromatic carbocycles. The molecule has 1 aromatic heterocycles. The predicted molar refractivity (Wildman–Crippen MR) is 95.5 cm³/mol. The lowest BCUT2D eigenvalue weighted by molar-refractivity contribution is 0.102. The number of hydrogen-bond donors (Lipinski definition) is 2. The molecule has 0 radical (unpaired) electrons. The molecule has 138 valence electrons. The molecule has 0 saturated carbocycles. The zero-order chi connectivity index (χ0) is 19.6. The standard InChI is InChI=1S/C19H15F3N4O/c1-10-8-11(2)24-19(23-10)26-13-5-3-4-12(9-13)25-18(27)14-6-7-15(20)17(22)16(14)21/h3-9H,1-2H3,(H,25,27)(H,23,24,26). The van der Waals surface area contributed by atoms with Crippen molar-refractivity contribution in [1.82, 2.24) is 9.97 Å². The summed E-state index contributed by atoms with van der Waals surface area (Å²) < 4.78 is 40.1. The molecule has 0 aliphatic heterocycles. The number of rotatable bonds is 4. The summed E-state index contributed by atoms with van der Waals surface area (Å²) in [7, 11) is 0. The Kier molecular flexibility index (Phi) is 5.07. The van der Waals surface area contributed by atoms with Crippen molar-refractivity contribution in [3.8, 4) is 0 Å². The molecular formula is C19H15F3N4O. The van der Waals surface area contributed by atoms with Crippen LogP contribution in [0.3, 0.4) is 0 Å². The van der Waals surface area contributed by atoms with Crippen LogP contribution in [0.2, 0.25) is 0 Å². The molecule has 8 heteroatoms. The van der Waals surface area contributed by atoms with Crippen LogP contribution in [0.1, 0.15) is 21.7 Å². The largest absolute Gasteiger partial charge is 0.324 e. The number of hydrogen-bond acceptors (Lipinski definition) is 4. The summed E-state index contributed by atoms with van der Waals surface area (Å²) in [5.41, 5.74) is 1.92. The number of aromatic nitrogens is 2. The fourth-order valence-electron chi connectivity index (χ4n) is 2.49. The molecule has 1 heterocycles. The van der Waals surface area contributed by atoms with E-state index in [1.165, 1.54) is 0 Å². The highest BCUT2D eigenvalue weighted by Crippen LogP contribution is 2.21. The van der Waals surface area contributed by atoms with Gasteiger partial charge in [0, 0.05) is 22.8 Å². The lowest BCUT2D eigenvalue weighted by Crippen LogP contribution is -2.15. The van der Waals surface area contributed by atoms with Crippen LogP contribution in [0.25, 0.3) is 0 Å². The van der Waals surface area contributed by atoms with E-state index in [2.05, 4.69) is 20.6 Å². The van der Waals surface area contributed by atoms with Crippen molar-refractivity contribution in [2.24, 2.45) is 0 Å². The van der Waals surface area contributed by atoms with Crippen molar-refractivity contribution >= 4 is 23.2 Å². The molecule has 1 amide bonds. The molecule has 27 heavy (non-hydrogen) atoms. The first-order chi connectivity index (χ1) is 12.8. The monoisotopic (exact) mass is 372 g/mol. The number of aryl methyl sites for hydroxylation is 2. The zero-order valence-corrected chi connectivity index (χ0v) is 14.5. The summed E-state index contributed by atoms with van der Waals surface area (Å²) >= 11 is 0. The lowest BCUT2D eigenvalue weighted by Gasteiger charge is -2.10. The van der Waals surface area contributed by atoms with Gasteiger partial charge in [-0.1, -0.05) is 6.07 Å². The molecule has 0 fully saturated rings. The number of nitrogens with zero attached hydrogens (tertiary/aromatic N) is 2. The van der Waals surface area contributed by atoms with E-state index in [1.807, 2.05) is 19.9 Å². The SMILES string of the molecule is Cc1cc(C)nc(Nc2cccc(NC(=O)c3ccc(F)c(F)c3F)c2)n1. The van der Waals surface area contributed by atoms with Gasteiger partial charge in [-0.15, -0.1) is 0 Å². The minimum absolute atomic E-state index is 0.332. The van der Waals surface area contributed by atoms with Gasteiger partial charge in [0.05, 0.1) is 5.56 Å². The summed E-state index contributed by atoms with van der Waals surface area (Å²) in [5, 5.41) is 5.46. The zero-order valence-electron chi connectivity index (χ0n) is 14.5. The number of carbonyl (C=O) groups is 1. The number of nitrogens with one attached hydrogen (secondary N) is 2. The number of amides is 1. The minimum Gasteiger partial charge on any atom is -0.324 e. The van der Waals surface area contributed by atoms with E-state index in [9.17, 15) is 18.0 Å². The van der Waals surface area contributed by atoms with Gasteiger partial charge in [-0.3, -0.25) is 4.79 Å². The smallest absolute Gasteiger partial charge is 0.258 e. The highest BCUT2D eigenvalue weighted by molar-refractivity contribution is 6.04. The van der Waals surface area contributed by atoms with Crippen LogP contribution in [0.4, 0.5) is 30.5 Å². The maximum Gasteiger partial charge on any atom is 0.258 e. The quantitative estimate of drug-likeness (QED) is 0.662. The minimum atomic E-state index is -1.69. The third kappa shape index (κ3) is 4.22. The first-order valence-corrected chi connectivity index (χ1v) is 7.97. The van der Waals surface area contributed by atoms with Crippen LogP contribution in [0.5, 0.6) is 0 Å². The van der Waals surface area contributed by atoms with Gasteiger partial charge in [-0.2, -0.15) is 0 Å². The molecule has 0 aliphatic rings. The number of anilines is 3. The second-order valence-corrected chi connectivity index (χ2v) is 5.86. The fraction of sp³-hybridized carbons (Fsp3) is 0.105. The topological polar surface area (TPSA) is 66.9 Å². The van der Waals surface area contributed by atoms with E-state index in [0.717, 1.165) is 17.5 Å². The molecule has 3 rings (SSSR count). The third-order valence-corrected chi connectivity index (χ3v) is 3.64. The van der Waals surface area contributed by atoms with Crippen molar-refractivity contribution in [3.63, 3.8) is 0 Å². The normalized spacial score (nSPS) is 10.6. The number of halogens is 3. The molecule has 5 nitrogen and oxygen atoms in total. The van der Waals surface area contributed by atoms with Crippen LogP contribution in [-0.2, 0) is 0 Å². The predicted octanol–water partition coefficient (Wildman–Crippen LogP) is 4.51. The van der Waals surface area contributed by atoms with E-state index in [1.54, 1.807) is 24.3 Å². The molecule has 3 aromatic rings. The Balaban J connectivity index is 1.80. The molecular weight excluding hydrogens is 357 g/mol. The van der Waals surface area contributed by atoms with Crippen molar-refractivity contribution < 1.29 is 18.0 Å². The Morgan fingerprint density at radius 2 is 1.56 bits per heavy atom. The van der Waals surface area contributed by atoms with Crippen LogP contribution in [-0.4, -0.2) is 15.9 Å². The molecule has 0 saturated heterocycles. The highest BCUT2D eigenvalue weighted by Gasteiger charge is 2.19. The van der Waals surface area contributed by atoms with Crippen LogP contribution < -0.4 is 10.6 Å². The Morgan fingerprint density at radius 1 is 0.889 bits per heavy atom. The van der Waals surface area contributed by atoms with Crippen LogP contribution in [0, 0.1) is 31.3 Å². The van der Waals surface area contributed by atoms with Gasteiger partial charge in [0.2, 0.25) is 5.95 Å². The van der Waals surface area contributed by atoms with Crippen molar-refractivity contribution in [3.05, 3.63) is 76.9 Å². The highest BCUT2D eigenvalue weighted by atomic mass is 19.2. The Bertz CT molecular complexity index is 1000. The van der Waals surface area contributed by atoms with E-state index in [-0.39, 0.29) is 0 Å². The van der Waals surface area contributed by atoms with Gasteiger partial charge in [0.15, 0.2) is 17.5 Å². The van der Waals surface area contributed by atoms with Crippen molar-refractivity contribution in [1.29, 1.82) is 0 Å². The van der Waals surface area contributed by atoms with Gasteiger partial charge in [0.25, 0.3) is 5.91 Å². The lowest BCUT2D eigenvalue weighted by atomic mass is 10.1. The van der Waals surface area contributed by atoms with Gasteiger partial charge in [0.1, 0.15) is 0 Å². The molecule has 0 bridgehead atoms. The van der Waals surface area contributed by atoms with Crippen LogP contribution in [0.15, 0.2) is 42.5 Å². The van der Waals surface area contributed by atoms with Gasteiger partial charge in [-0.25, -0.2) is 23.1 Å². The Hall–Kier alpha value is -3.42. The number of carbonyl (C=O) groups excluding carboxylic acids is 1. The maximum absolute atomic E-state index is 13.8. The van der Waals surface area contributed by atoms with E-state index < -0.39 is 28.9 Å². The second kappa shape index (κ2) is 7.45. The van der Waals surface area contributed by atoms with E-state index in [0.29, 0.717) is 23.4 Å². The summed E-state index contributed by atoms with van der Waals surface area (Å²) in [6, 6.07) is 9.95. The first kappa shape index (κ1) is 18.4. The fourth-order valence-corrected chi connectivity index (χ4v) is 2.49. The van der Waals surface area contributed by atoms with Crippen LogP contribution >= 0.6 is 0 Å². The van der Waals surface area contributed by atoms with E-state index in [4.69, 9.17) is 0 Å². The molecule has 0 unspecified atom stereocenters.